The van der Waals surface area contributed by atoms with Crippen molar-refractivity contribution in [2.75, 3.05) is 13.7 Å². The maximum atomic E-state index is 5.98. The first-order chi connectivity index (χ1) is 7.13. The first kappa shape index (κ1) is 12.2. The summed E-state index contributed by atoms with van der Waals surface area (Å²) in [6, 6.07) is 0. The van der Waals surface area contributed by atoms with Crippen molar-refractivity contribution in [2.45, 2.75) is 20.3 Å². The number of rotatable bonds is 4. The maximum absolute atomic E-state index is 5.98. The molecule has 0 aromatic heterocycles. The second-order valence-corrected chi connectivity index (χ2v) is 4.34. The molecule has 1 rings (SSSR count). The molecule has 0 fully saturated rings. The van der Waals surface area contributed by atoms with Crippen LogP contribution in [0.1, 0.15) is 20.3 Å². The van der Waals surface area contributed by atoms with E-state index in [1.54, 1.807) is 0 Å². The first-order valence-corrected chi connectivity index (χ1v) is 5.59. The lowest BCUT2D eigenvalue weighted by Crippen LogP contribution is -2.12. The van der Waals surface area contributed by atoms with E-state index in [0.717, 1.165) is 29.5 Å². The third kappa shape index (κ3) is 4.00. The molecule has 0 spiro atoms. The van der Waals surface area contributed by atoms with Gasteiger partial charge in [-0.2, -0.15) is 0 Å². The smallest absolute Gasteiger partial charge is 0.138 e. The Morgan fingerprint density at radius 1 is 1.47 bits per heavy atom. The van der Waals surface area contributed by atoms with E-state index in [9.17, 15) is 0 Å². The third-order valence-corrected chi connectivity index (χ3v) is 2.27. The van der Waals surface area contributed by atoms with E-state index < -0.39 is 0 Å². The molecule has 0 heterocycles. The SMILES string of the molecule is CNC1=CC(Cl)=CCC=C1OCC(C)C. The lowest BCUT2D eigenvalue weighted by Gasteiger charge is -2.14. The topological polar surface area (TPSA) is 21.3 Å². The normalized spacial score (nSPS) is 16.5. The molecule has 0 saturated carbocycles. The summed E-state index contributed by atoms with van der Waals surface area (Å²) < 4.78 is 5.71. The second-order valence-electron chi connectivity index (χ2n) is 3.91. The minimum atomic E-state index is 0.524. The Morgan fingerprint density at radius 2 is 2.20 bits per heavy atom. The third-order valence-electron chi connectivity index (χ3n) is 2.01. The van der Waals surface area contributed by atoms with Gasteiger partial charge < -0.3 is 10.1 Å². The minimum absolute atomic E-state index is 0.524. The molecule has 0 atom stereocenters. The van der Waals surface area contributed by atoms with Crippen LogP contribution >= 0.6 is 11.6 Å². The zero-order chi connectivity index (χ0) is 11.3. The van der Waals surface area contributed by atoms with Gasteiger partial charge in [-0.15, -0.1) is 0 Å². The number of likely N-dealkylation sites (N-methyl/N-ethyl adjacent to an activating group) is 1. The summed E-state index contributed by atoms with van der Waals surface area (Å²) in [7, 11) is 1.87. The van der Waals surface area contributed by atoms with Crippen LogP contribution in [-0.2, 0) is 4.74 Å². The van der Waals surface area contributed by atoms with E-state index in [2.05, 4.69) is 19.2 Å². The van der Waals surface area contributed by atoms with Gasteiger partial charge in [0.1, 0.15) is 5.76 Å². The van der Waals surface area contributed by atoms with Gasteiger partial charge in [0.05, 0.1) is 12.3 Å². The van der Waals surface area contributed by atoms with Crippen molar-refractivity contribution in [3.05, 3.63) is 34.7 Å². The van der Waals surface area contributed by atoms with Gasteiger partial charge >= 0.3 is 0 Å². The molecule has 0 aliphatic heterocycles. The zero-order valence-electron chi connectivity index (χ0n) is 9.51. The average Bonchev–Trinajstić information content (AvgIpc) is 2.36. The molecule has 0 aromatic rings. The minimum Gasteiger partial charge on any atom is -0.491 e. The Labute approximate surface area is 96.6 Å². The highest BCUT2D eigenvalue weighted by molar-refractivity contribution is 6.31. The van der Waals surface area contributed by atoms with Crippen molar-refractivity contribution in [2.24, 2.45) is 5.92 Å². The van der Waals surface area contributed by atoms with E-state index in [4.69, 9.17) is 16.3 Å². The fraction of sp³-hybridized carbons (Fsp3) is 0.500. The average molecular weight is 228 g/mol. The Hall–Kier alpha value is -0.890. The lowest BCUT2D eigenvalue weighted by atomic mass is 10.2. The van der Waals surface area contributed by atoms with Gasteiger partial charge in [0.2, 0.25) is 0 Å². The number of halogens is 1. The van der Waals surface area contributed by atoms with E-state index in [1.807, 2.05) is 25.3 Å². The second kappa shape index (κ2) is 5.86. The monoisotopic (exact) mass is 227 g/mol. The summed E-state index contributed by atoms with van der Waals surface area (Å²) in [6.45, 7) is 4.99. The molecule has 0 saturated heterocycles. The molecule has 1 N–H and O–H groups in total. The van der Waals surface area contributed by atoms with Crippen LogP contribution < -0.4 is 5.32 Å². The summed E-state index contributed by atoms with van der Waals surface area (Å²) in [6.07, 6.45) is 6.71. The van der Waals surface area contributed by atoms with E-state index >= 15 is 0 Å². The molecule has 0 radical (unpaired) electrons. The van der Waals surface area contributed by atoms with Gasteiger partial charge in [0.15, 0.2) is 0 Å². The molecule has 1 aliphatic carbocycles. The summed E-state index contributed by atoms with van der Waals surface area (Å²) in [5.41, 5.74) is 0.939. The molecule has 3 heteroatoms. The summed E-state index contributed by atoms with van der Waals surface area (Å²) >= 11 is 5.98. The van der Waals surface area contributed by atoms with Crippen molar-refractivity contribution in [3.63, 3.8) is 0 Å². The molecule has 84 valence electrons. The Kier molecular flexibility index (Phi) is 4.76. The Bertz CT molecular complexity index is 303. The molecule has 2 nitrogen and oxygen atoms in total. The largest absolute Gasteiger partial charge is 0.491 e. The van der Waals surface area contributed by atoms with Crippen LogP contribution in [0.5, 0.6) is 0 Å². The van der Waals surface area contributed by atoms with Crippen molar-refractivity contribution < 1.29 is 4.74 Å². The number of hydrogen-bond acceptors (Lipinski definition) is 2. The highest BCUT2D eigenvalue weighted by atomic mass is 35.5. The highest BCUT2D eigenvalue weighted by Crippen LogP contribution is 2.19. The van der Waals surface area contributed by atoms with Gasteiger partial charge in [0, 0.05) is 12.1 Å². The quantitative estimate of drug-likeness (QED) is 0.797. The molecule has 0 bridgehead atoms. The van der Waals surface area contributed by atoms with Gasteiger partial charge in [-0.05, 0) is 24.5 Å². The number of hydrogen-bond donors (Lipinski definition) is 1. The molecule has 0 amide bonds. The summed E-state index contributed by atoms with van der Waals surface area (Å²) in [5.74, 6) is 1.41. The standard InChI is InChI=1S/C12H18ClNO/c1-9(2)8-15-12-6-4-5-10(13)7-11(12)14-3/h5-7,9,14H,4,8H2,1-3H3. The van der Waals surface area contributed by atoms with Crippen molar-refractivity contribution in [3.8, 4) is 0 Å². The molecule has 15 heavy (non-hydrogen) atoms. The zero-order valence-corrected chi connectivity index (χ0v) is 10.3. The predicted molar refractivity (Wildman–Crippen MR) is 64.6 cm³/mol. The van der Waals surface area contributed by atoms with Gasteiger partial charge in [-0.3, -0.25) is 0 Å². The van der Waals surface area contributed by atoms with Gasteiger partial charge in [-0.25, -0.2) is 0 Å². The van der Waals surface area contributed by atoms with Crippen molar-refractivity contribution in [1.29, 1.82) is 0 Å². The van der Waals surface area contributed by atoms with Crippen LogP contribution in [0.15, 0.2) is 34.7 Å². The Morgan fingerprint density at radius 3 is 2.80 bits per heavy atom. The van der Waals surface area contributed by atoms with Crippen LogP contribution in [-0.4, -0.2) is 13.7 Å². The first-order valence-electron chi connectivity index (χ1n) is 5.22. The maximum Gasteiger partial charge on any atom is 0.138 e. The molecule has 0 unspecified atom stereocenters. The van der Waals surface area contributed by atoms with Crippen molar-refractivity contribution >= 4 is 11.6 Å². The molecular formula is C12H18ClNO. The van der Waals surface area contributed by atoms with Crippen LogP contribution in [0, 0.1) is 5.92 Å². The lowest BCUT2D eigenvalue weighted by molar-refractivity contribution is 0.183. The highest BCUT2D eigenvalue weighted by Gasteiger charge is 2.08. The fourth-order valence-electron chi connectivity index (χ4n) is 1.24. The molecule has 0 aromatic carbocycles. The molecule has 1 aliphatic rings. The van der Waals surface area contributed by atoms with Gasteiger partial charge in [0.25, 0.3) is 0 Å². The van der Waals surface area contributed by atoms with Crippen LogP contribution in [0.25, 0.3) is 0 Å². The summed E-state index contributed by atoms with van der Waals surface area (Å²) in [5, 5.41) is 3.84. The van der Waals surface area contributed by atoms with E-state index in [1.165, 1.54) is 0 Å². The Balaban J connectivity index is 2.70. The molecular weight excluding hydrogens is 210 g/mol. The number of nitrogens with one attached hydrogen (secondary N) is 1. The number of allylic oxidation sites excluding steroid dienone is 4. The van der Waals surface area contributed by atoms with Crippen LogP contribution in [0.3, 0.4) is 0 Å². The van der Waals surface area contributed by atoms with E-state index in [-0.39, 0.29) is 0 Å². The van der Waals surface area contributed by atoms with Crippen molar-refractivity contribution in [1.82, 2.24) is 5.32 Å². The summed E-state index contributed by atoms with van der Waals surface area (Å²) in [4.78, 5) is 0. The predicted octanol–water partition coefficient (Wildman–Crippen LogP) is 3.17. The fourth-order valence-corrected chi connectivity index (χ4v) is 1.44. The van der Waals surface area contributed by atoms with Gasteiger partial charge in [-0.1, -0.05) is 31.5 Å². The number of ether oxygens (including phenoxy) is 1. The van der Waals surface area contributed by atoms with Crippen LogP contribution in [0.4, 0.5) is 0 Å². The van der Waals surface area contributed by atoms with E-state index in [0.29, 0.717) is 5.92 Å². The van der Waals surface area contributed by atoms with Crippen LogP contribution in [0.2, 0.25) is 0 Å².